The second-order valence-corrected chi connectivity index (χ2v) is 4.94. The minimum absolute atomic E-state index is 0.0333. The molecule has 3 nitrogen and oxygen atoms in total. The lowest BCUT2D eigenvalue weighted by Gasteiger charge is -2.11. The molecule has 0 amide bonds. The minimum Gasteiger partial charge on any atom is -0.371 e. The van der Waals surface area contributed by atoms with E-state index in [-0.39, 0.29) is 11.6 Å². The van der Waals surface area contributed by atoms with Crippen molar-refractivity contribution in [2.24, 2.45) is 0 Å². The number of anilines is 3. The van der Waals surface area contributed by atoms with Gasteiger partial charge < -0.3 is 10.6 Å². The third-order valence-corrected chi connectivity index (χ3v) is 3.24. The minimum atomic E-state index is -0.779. The van der Waals surface area contributed by atoms with Crippen molar-refractivity contribution >= 4 is 44.9 Å². The maximum atomic E-state index is 13.6. The zero-order valence-corrected chi connectivity index (χ0v) is 12.1. The van der Waals surface area contributed by atoms with Crippen molar-refractivity contribution in [3.8, 4) is 0 Å². The molecule has 0 unspecified atom stereocenters. The van der Waals surface area contributed by atoms with Gasteiger partial charge in [0.25, 0.3) is 0 Å². The van der Waals surface area contributed by atoms with Crippen LogP contribution in [-0.2, 0) is 0 Å². The Balaban J connectivity index is 2.37. The zero-order chi connectivity index (χ0) is 14.0. The van der Waals surface area contributed by atoms with Gasteiger partial charge in [-0.1, -0.05) is 11.6 Å². The summed E-state index contributed by atoms with van der Waals surface area (Å²) >= 11 is 9.10. The van der Waals surface area contributed by atoms with Gasteiger partial charge in [-0.05, 0) is 34.1 Å². The summed E-state index contributed by atoms with van der Waals surface area (Å²) in [6.07, 6.45) is 0. The highest BCUT2D eigenvalue weighted by molar-refractivity contribution is 9.10. The van der Waals surface area contributed by atoms with Gasteiger partial charge in [0.1, 0.15) is 0 Å². The molecule has 0 bridgehead atoms. The molecular weight excluding hydrogens is 340 g/mol. The van der Waals surface area contributed by atoms with Gasteiger partial charge in [-0.25, -0.2) is 13.8 Å². The Morgan fingerprint density at radius 1 is 1.16 bits per heavy atom. The van der Waals surface area contributed by atoms with Crippen LogP contribution < -0.4 is 10.6 Å². The quantitative estimate of drug-likeness (QED) is 0.854. The molecule has 0 radical (unpaired) electrons. The summed E-state index contributed by atoms with van der Waals surface area (Å²) in [4.78, 5) is 3.82. The summed E-state index contributed by atoms with van der Waals surface area (Å²) in [7, 11) is 1.51. The van der Waals surface area contributed by atoms with Crippen molar-refractivity contribution < 1.29 is 8.78 Å². The molecule has 1 aromatic carbocycles. The summed E-state index contributed by atoms with van der Waals surface area (Å²) < 4.78 is 27.6. The van der Waals surface area contributed by atoms with Crippen molar-refractivity contribution in [3.63, 3.8) is 0 Å². The number of nitrogens with zero attached hydrogens (tertiary/aromatic N) is 1. The van der Waals surface area contributed by atoms with Gasteiger partial charge in [0, 0.05) is 22.6 Å². The number of benzene rings is 1. The number of halogens is 4. The van der Waals surface area contributed by atoms with Gasteiger partial charge in [0.2, 0.25) is 0 Å². The highest BCUT2D eigenvalue weighted by atomic mass is 79.9. The monoisotopic (exact) mass is 347 g/mol. The van der Waals surface area contributed by atoms with Gasteiger partial charge in [-0.15, -0.1) is 0 Å². The van der Waals surface area contributed by atoms with Crippen LogP contribution in [-0.4, -0.2) is 12.0 Å². The lowest BCUT2D eigenvalue weighted by atomic mass is 10.3. The molecule has 0 aliphatic heterocycles. The average molecular weight is 349 g/mol. The van der Waals surface area contributed by atoms with Gasteiger partial charge in [-0.2, -0.15) is 0 Å². The molecule has 0 saturated heterocycles. The normalized spacial score (nSPS) is 10.4. The first-order valence-corrected chi connectivity index (χ1v) is 6.44. The van der Waals surface area contributed by atoms with E-state index in [9.17, 15) is 8.78 Å². The first-order chi connectivity index (χ1) is 9.01. The Morgan fingerprint density at radius 3 is 2.47 bits per heavy atom. The van der Waals surface area contributed by atoms with Crippen LogP contribution >= 0.6 is 27.5 Å². The van der Waals surface area contributed by atoms with Crippen LogP contribution in [0.3, 0.4) is 0 Å². The fourth-order valence-corrected chi connectivity index (χ4v) is 2.23. The van der Waals surface area contributed by atoms with E-state index >= 15 is 0 Å². The Morgan fingerprint density at radius 2 is 1.84 bits per heavy atom. The molecule has 0 atom stereocenters. The fraction of sp³-hybridized carbons (Fsp3) is 0.0833. The molecular formula is C12H9BrClF2N3. The molecule has 2 aromatic rings. The van der Waals surface area contributed by atoms with Crippen molar-refractivity contribution in [3.05, 3.63) is 45.4 Å². The Hall–Kier alpha value is -1.40. The number of hydrogen-bond donors (Lipinski definition) is 2. The third kappa shape index (κ3) is 3.13. The largest absolute Gasteiger partial charge is 0.371 e. The van der Waals surface area contributed by atoms with E-state index in [1.807, 2.05) is 0 Å². The smallest absolute Gasteiger partial charge is 0.169 e. The highest BCUT2D eigenvalue weighted by Gasteiger charge is 2.12. The number of pyridine rings is 1. The predicted molar refractivity (Wildman–Crippen MR) is 76.1 cm³/mol. The summed E-state index contributed by atoms with van der Waals surface area (Å²) in [6.45, 7) is 0. The van der Waals surface area contributed by atoms with E-state index in [0.717, 1.165) is 6.07 Å². The molecule has 0 aliphatic rings. The molecule has 0 aliphatic carbocycles. The summed E-state index contributed by atoms with van der Waals surface area (Å²) in [5.41, 5.74) is 0.574. The number of rotatable bonds is 3. The molecule has 7 heteroatoms. The highest BCUT2D eigenvalue weighted by Crippen LogP contribution is 2.29. The van der Waals surface area contributed by atoms with E-state index in [2.05, 4.69) is 31.5 Å². The first-order valence-electron chi connectivity index (χ1n) is 5.27. The molecule has 19 heavy (non-hydrogen) atoms. The Labute approximate surface area is 122 Å². The molecule has 2 rings (SSSR count). The van der Waals surface area contributed by atoms with Gasteiger partial charge in [-0.3, -0.25) is 0 Å². The van der Waals surface area contributed by atoms with E-state index < -0.39 is 11.6 Å². The number of aromatic nitrogens is 1. The Kier molecular flexibility index (Phi) is 4.21. The van der Waals surface area contributed by atoms with Crippen molar-refractivity contribution in [2.45, 2.75) is 0 Å². The standard InChI is InChI=1S/C12H9BrClF2N3/c1-17-11-8(15)5-9(16)12(19-11)18-10-3-2-6(14)4-7(10)13/h2-5H,1H3,(H2,17,18,19). The third-order valence-electron chi connectivity index (χ3n) is 2.35. The topological polar surface area (TPSA) is 37.0 Å². The van der Waals surface area contributed by atoms with Crippen LogP contribution in [0.5, 0.6) is 0 Å². The molecule has 1 aromatic heterocycles. The SMILES string of the molecule is CNc1nc(Nc2ccc(Cl)cc2Br)c(F)cc1F. The van der Waals surface area contributed by atoms with E-state index in [1.54, 1.807) is 18.2 Å². The summed E-state index contributed by atoms with van der Waals surface area (Å²) in [5.74, 6) is -1.64. The first kappa shape index (κ1) is 14.0. The van der Waals surface area contributed by atoms with E-state index in [0.29, 0.717) is 15.2 Å². The Bertz CT molecular complexity index is 622. The van der Waals surface area contributed by atoms with Crippen LogP contribution in [0.2, 0.25) is 5.02 Å². The second kappa shape index (κ2) is 5.71. The maximum absolute atomic E-state index is 13.6. The lowest BCUT2D eigenvalue weighted by molar-refractivity contribution is 0.580. The summed E-state index contributed by atoms with van der Waals surface area (Å²) in [6, 6.07) is 5.74. The van der Waals surface area contributed by atoms with E-state index in [4.69, 9.17) is 11.6 Å². The van der Waals surface area contributed by atoms with Gasteiger partial charge in [0.15, 0.2) is 23.3 Å². The lowest BCUT2D eigenvalue weighted by Crippen LogP contribution is -2.03. The molecule has 100 valence electrons. The average Bonchev–Trinajstić information content (AvgIpc) is 2.35. The molecule has 1 heterocycles. The van der Waals surface area contributed by atoms with Crippen molar-refractivity contribution in [2.75, 3.05) is 17.7 Å². The van der Waals surface area contributed by atoms with Crippen LogP contribution in [0.1, 0.15) is 0 Å². The molecule has 0 saturated carbocycles. The van der Waals surface area contributed by atoms with Crippen molar-refractivity contribution in [1.82, 2.24) is 4.98 Å². The van der Waals surface area contributed by atoms with Crippen LogP contribution in [0.4, 0.5) is 26.1 Å². The number of hydrogen-bond acceptors (Lipinski definition) is 3. The van der Waals surface area contributed by atoms with Crippen molar-refractivity contribution in [1.29, 1.82) is 0 Å². The fourth-order valence-electron chi connectivity index (χ4n) is 1.45. The maximum Gasteiger partial charge on any atom is 0.169 e. The zero-order valence-electron chi connectivity index (χ0n) is 9.77. The van der Waals surface area contributed by atoms with Gasteiger partial charge in [0.05, 0.1) is 5.69 Å². The summed E-state index contributed by atoms with van der Waals surface area (Å²) in [5, 5.41) is 5.86. The second-order valence-electron chi connectivity index (χ2n) is 3.65. The molecule has 0 spiro atoms. The van der Waals surface area contributed by atoms with Crippen LogP contribution in [0.15, 0.2) is 28.7 Å². The van der Waals surface area contributed by atoms with Gasteiger partial charge >= 0.3 is 0 Å². The van der Waals surface area contributed by atoms with Crippen LogP contribution in [0.25, 0.3) is 0 Å². The molecule has 2 N–H and O–H groups in total. The molecule has 0 fully saturated rings. The number of nitrogens with one attached hydrogen (secondary N) is 2. The van der Waals surface area contributed by atoms with Crippen LogP contribution in [0, 0.1) is 11.6 Å². The van der Waals surface area contributed by atoms with E-state index in [1.165, 1.54) is 7.05 Å². The predicted octanol–water partition coefficient (Wildman–Crippen LogP) is 4.56.